The molecule has 2 unspecified atom stereocenters. The maximum Gasteiger partial charge on any atom is 0.311 e. The van der Waals surface area contributed by atoms with E-state index in [2.05, 4.69) is 5.32 Å². The fourth-order valence-corrected chi connectivity index (χ4v) is 2.10. The van der Waals surface area contributed by atoms with Crippen LogP contribution in [-0.4, -0.2) is 60.1 Å². The number of hydrogen-bond donors (Lipinski definition) is 2. The molecule has 1 aliphatic heterocycles. The lowest BCUT2D eigenvalue weighted by Gasteiger charge is -2.30. The molecular weight excluding hydrogens is 252 g/mol. The Hall–Kier alpha value is -1.63. The van der Waals surface area contributed by atoms with Gasteiger partial charge in [0.2, 0.25) is 11.8 Å². The highest BCUT2D eigenvalue weighted by molar-refractivity contribution is 5.84. The smallest absolute Gasteiger partial charge is 0.311 e. The monoisotopic (exact) mass is 272 g/mol. The summed E-state index contributed by atoms with van der Waals surface area (Å²) < 4.78 is 5.17. The Morgan fingerprint density at radius 3 is 2.58 bits per heavy atom. The molecule has 0 aromatic heterocycles. The van der Waals surface area contributed by atoms with E-state index in [0.717, 1.165) is 0 Å². The number of carbonyl (C=O) groups excluding carboxylic acids is 2. The van der Waals surface area contributed by atoms with Gasteiger partial charge in [0.15, 0.2) is 0 Å². The van der Waals surface area contributed by atoms with Crippen molar-refractivity contribution in [2.24, 2.45) is 5.92 Å². The number of nitrogens with one attached hydrogen (secondary N) is 1. The van der Waals surface area contributed by atoms with Gasteiger partial charge in [0.1, 0.15) is 5.92 Å². The number of carboxylic acids is 1. The minimum Gasteiger partial charge on any atom is -0.481 e. The van der Waals surface area contributed by atoms with E-state index >= 15 is 0 Å². The lowest BCUT2D eigenvalue weighted by Crippen LogP contribution is -2.50. The average molecular weight is 272 g/mol. The van der Waals surface area contributed by atoms with Crippen LogP contribution >= 0.6 is 0 Å². The van der Waals surface area contributed by atoms with Crippen LogP contribution in [0.5, 0.6) is 0 Å². The summed E-state index contributed by atoms with van der Waals surface area (Å²) in [4.78, 5) is 35.5. The topological polar surface area (TPSA) is 95.9 Å². The van der Waals surface area contributed by atoms with Crippen LogP contribution in [0.25, 0.3) is 0 Å². The highest BCUT2D eigenvalue weighted by Gasteiger charge is 2.39. The van der Waals surface area contributed by atoms with Gasteiger partial charge in [0, 0.05) is 13.5 Å². The molecule has 0 bridgehead atoms. The number of carboxylic acid groups (broad SMARTS) is 1. The molecule has 1 heterocycles. The molecule has 0 aromatic rings. The normalized spacial score (nSPS) is 22.0. The van der Waals surface area contributed by atoms with E-state index in [1.54, 1.807) is 0 Å². The SMILES string of the molecule is CCCN(C(=O)CNC(C)=O)C1COCC1C(=O)O. The van der Waals surface area contributed by atoms with Crippen molar-refractivity contribution in [2.75, 3.05) is 26.3 Å². The first-order valence-electron chi connectivity index (χ1n) is 6.31. The molecule has 7 heteroatoms. The van der Waals surface area contributed by atoms with E-state index in [0.29, 0.717) is 13.0 Å². The quantitative estimate of drug-likeness (QED) is 0.677. The van der Waals surface area contributed by atoms with Crippen molar-refractivity contribution in [2.45, 2.75) is 26.3 Å². The van der Waals surface area contributed by atoms with Gasteiger partial charge in [-0.3, -0.25) is 14.4 Å². The Labute approximate surface area is 111 Å². The zero-order valence-corrected chi connectivity index (χ0v) is 11.2. The van der Waals surface area contributed by atoms with Gasteiger partial charge in [-0.2, -0.15) is 0 Å². The predicted molar refractivity (Wildman–Crippen MR) is 66.4 cm³/mol. The van der Waals surface area contributed by atoms with E-state index in [1.807, 2.05) is 6.92 Å². The molecule has 0 spiro atoms. The third-order valence-electron chi connectivity index (χ3n) is 3.04. The van der Waals surface area contributed by atoms with Crippen molar-refractivity contribution in [3.8, 4) is 0 Å². The molecule has 7 nitrogen and oxygen atoms in total. The van der Waals surface area contributed by atoms with Crippen LogP contribution in [0.1, 0.15) is 20.3 Å². The van der Waals surface area contributed by atoms with Gasteiger partial charge in [0.05, 0.1) is 25.8 Å². The van der Waals surface area contributed by atoms with Gasteiger partial charge in [-0.1, -0.05) is 6.92 Å². The first kappa shape index (κ1) is 15.4. The van der Waals surface area contributed by atoms with Gasteiger partial charge >= 0.3 is 5.97 Å². The summed E-state index contributed by atoms with van der Waals surface area (Å²) in [6.07, 6.45) is 0.717. The Morgan fingerprint density at radius 1 is 1.37 bits per heavy atom. The fraction of sp³-hybridized carbons (Fsp3) is 0.750. The Morgan fingerprint density at radius 2 is 2.05 bits per heavy atom. The maximum absolute atomic E-state index is 12.1. The summed E-state index contributed by atoms with van der Waals surface area (Å²) in [6.45, 7) is 3.92. The molecule has 0 aliphatic carbocycles. The van der Waals surface area contributed by atoms with Crippen LogP contribution in [0.15, 0.2) is 0 Å². The Balaban J connectivity index is 2.72. The van der Waals surface area contributed by atoms with Gasteiger partial charge in [-0.25, -0.2) is 0 Å². The number of ether oxygens (including phenoxy) is 1. The number of nitrogens with zero attached hydrogens (tertiary/aromatic N) is 1. The van der Waals surface area contributed by atoms with Crippen LogP contribution in [0, 0.1) is 5.92 Å². The molecule has 2 amide bonds. The van der Waals surface area contributed by atoms with Crippen molar-refractivity contribution >= 4 is 17.8 Å². The molecule has 2 atom stereocenters. The molecule has 0 aromatic carbocycles. The lowest BCUT2D eigenvalue weighted by molar-refractivity contribution is -0.145. The third-order valence-corrected chi connectivity index (χ3v) is 3.04. The first-order valence-corrected chi connectivity index (χ1v) is 6.31. The van der Waals surface area contributed by atoms with Gasteiger partial charge < -0.3 is 20.1 Å². The first-order chi connectivity index (χ1) is 8.97. The summed E-state index contributed by atoms with van der Waals surface area (Å²) in [5.74, 6) is -2.23. The van der Waals surface area contributed by atoms with E-state index < -0.39 is 17.9 Å². The maximum atomic E-state index is 12.1. The van der Waals surface area contributed by atoms with Crippen molar-refractivity contribution in [1.29, 1.82) is 0 Å². The number of aliphatic carboxylic acids is 1. The molecule has 0 radical (unpaired) electrons. The van der Waals surface area contributed by atoms with Gasteiger partial charge in [0.25, 0.3) is 0 Å². The Bertz CT molecular complexity index is 358. The van der Waals surface area contributed by atoms with Crippen molar-refractivity contribution < 1.29 is 24.2 Å². The van der Waals surface area contributed by atoms with Gasteiger partial charge in [-0.05, 0) is 6.42 Å². The minimum atomic E-state index is -0.962. The van der Waals surface area contributed by atoms with Crippen molar-refractivity contribution in [3.63, 3.8) is 0 Å². The molecule has 1 fully saturated rings. The van der Waals surface area contributed by atoms with Crippen LogP contribution in [0.2, 0.25) is 0 Å². The van der Waals surface area contributed by atoms with Gasteiger partial charge in [-0.15, -0.1) is 0 Å². The fourth-order valence-electron chi connectivity index (χ4n) is 2.10. The average Bonchev–Trinajstić information content (AvgIpc) is 2.81. The number of carbonyl (C=O) groups is 3. The van der Waals surface area contributed by atoms with Crippen LogP contribution < -0.4 is 5.32 Å². The lowest BCUT2D eigenvalue weighted by atomic mass is 10.0. The molecule has 0 saturated carbocycles. The second-order valence-corrected chi connectivity index (χ2v) is 4.55. The number of amides is 2. The molecule has 19 heavy (non-hydrogen) atoms. The van der Waals surface area contributed by atoms with Crippen molar-refractivity contribution in [1.82, 2.24) is 10.2 Å². The van der Waals surface area contributed by atoms with Crippen LogP contribution in [0.3, 0.4) is 0 Å². The molecular formula is C12H20N2O5. The zero-order valence-electron chi connectivity index (χ0n) is 11.2. The molecule has 108 valence electrons. The summed E-state index contributed by atoms with van der Waals surface area (Å²) >= 11 is 0. The van der Waals surface area contributed by atoms with Crippen LogP contribution in [0.4, 0.5) is 0 Å². The van der Waals surface area contributed by atoms with E-state index in [1.165, 1.54) is 11.8 Å². The number of rotatable bonds is 6. The highest BCUT2D eigenvalue weighted by Crippen LogP contribution is 2.20. The predicted octanol–water partition coefficient (Wildman–Crippen LogP) is -0.539. The zero-order chi connectivity index (χ0) is 14.4. The summed E-state index contributed by atoms with van der Waals surface area (Å²) in [7, 11) is 0. The van der Waals surface area contributed by atoms with E-state index in [4.69, 9.17) is 9.84 Å². The molecule has 1 rings (SSSR count). The van der Waals surface area contributed by atoms with Crippen LogP contribution in [-0.2, 0) is 19.1 Å². The molecule has 2 N–H and O–H groups in total. The van der Waals surface area contributed by atoms with E-state index in [-0.39, 0.29) is 31.6 Å². The Kier molecular flexibility index (Phi) is 5.75. The van der Waals surface area contributed by atoms with E-state index in [9.17, 15) is 14.4 Å². The summed E-state index contributed by atoms with van der Waals surface area (Å²) in [5.41, 5.74) is 0. The second-order valence-electron chi connectivity index (χ2n) is 4.55. The summed E-state index contributed by atoms with van der Waals surface area (Å²) in [5, 5.41) is 11.5. The molecule has 1 aliphatic rings. The number of hydrogen-bond acceptors (Lipinski definition) is 4. The standard InChI is InChI=1S/C12H20N2O5/c1-3-4-14(11(16)5-13-8(2)15)10-7-19-6-9(10)12(17)18/h9-10H,3-7H2,1-2H3,(H,13,15)(H,17,18). The summed E-state index contributed by atoms with van der Waals surface area (Å²) in [6, 6.07) is -0.460. The minimum absolute atomic E-state index is 0.113. The molecule has 1 saturated heterocycles. The van der Waals surface area contributed by atoms with Crippen molar-refractivity contribution in [3.05, 3.63) is 0 Å². The third kappa shape index (κ3) is 4.20. The highest BCUT2D eigenvalue weighted by atomic mass is 16.5. The second kappa shape index (κ2) is 7.08. The largest absolute Gasteiger partial charge is 0.481 e.